The maximum absolute atomic E-state index is 5.51. The smallest absolute Gasteiger partial charge is 0.194 e. The molecule has 1 N–H and O–H groups in total. The first-order chi connectivity index (χ1) is 13.4. The van der Waals surface area contributed by atoms with Crippen molar-refractivity contribution in [2.24, 2.45) is 4.99 Å². The molecule has 27 heavy (non-hydrogen) atoms. The van der Waals surface area contributed by atoms with Gasteiger partial charge >= 0.3 is 0 Å². The lowest BCUT2D eigenvalue weighted by Gasteiger charge is -2.29. The Kier molecular flexibility index (Phi) is 6.10. The molecule has 144 valence electrons. The maximum Gasteiger partial charge on any atom is 0.194 e. The van der Waals surface area contributed by atoms with Crippen LogP contribution >= 0.6 is 0 Å². The molecule has 1 aromatic carbocycles. The zero-order valence-electron chi connectivity index (χ0n) is 15.8. The molecule has 1 atom stereocenters. The summed E-state index contributed by atoms with van der Waals surface area (Å²) in [6.07, 6.45) is 5.84. The predicted molar refractivity (Wildman–Crippen MR) is 107 cm³/mol. The summed E-state index contributed by atoms with van der Waals surface area (Å²) in [6.45, 7) is 4.49. The highest BCUT2D eigenvalue weighted by molar-refractivity contribution is 5.80. The lowest BCUT2D eigenvalue weighted by Crippen LogP contribution is -2.47. The van der Waals surface area contributed by atoms with Crippen molar-refractivity contribution in [1.82, 2.24) is 10.2 Å². The van der Waals surface area contributed by atoms with E-state index in [9.17, 15) is 0 Å². The van der Waals surface area contributed by atoms with Gasteiger partial charge in [0.05, 0.1) is 6.26 Å². The highest BCUT2D eigenvalue weighted by Gasteiger charge is 2.27. The summed E-state index contributed by atoms with van der Waals surface area (Å²) in [5.74, 6) is 2.62. The first-order valence-corrected chi connectivity index (χ1v) is 10.1. The lowest BCUT2D eigenvalue weighted by atomic mass is 9.99. The molecule has 1 unspecified atom stereocenters. The van der Waals surface area contributed by atoms with E-state index in [1.54, 1.807) is 6.26 Å². The van der Waals surface area contributed by atoms with Crippen LogP contribution in [0.3, 0.4) is 0 Å². The molecule has 2 saturated heterocycles. The number of nitrogens with one attached hydrogen (secondary N) is 1. The molecule has 2 aliphatic rings. The molecule has 0 aliphatic carbocycles. The van der Waals surface area contributed by atoms with Gasteiger partial charge < -0.3 is 19.4 Å². The van der Waals surface area contributed by atoms with Gasteiger partial charge in [0.1, 0.15) is 5.76 Å². The maximum atomic E-state index is 5.51. The quantitative estimate of drug-likeness (QED) is 0.650. The number of aliphatic imine (C=N–C) groups is 1. The summed E-state index contributed by atoms with van der Waals surface area (Å²) < 4.78 is 11.0. The van der Waals surface area contributed by atoms with E-state index in [1.165, 1.54) is 12.0 Å². The van der Waals surface area contributed by atoms with E-state index < -0.39 is 0 Å². The molecule has 0 amide bonds. The third-order valence-electron chi connectivity index (χ3n) is 5.51. The molecule has 4 rings (SSSR count). The number of furan rings is 1. The molecule has 0 bridgehead atoms. The predicted octanol–water partition coefficient (Wildman–Crippen LogP) is 3.44. The van der Waals surface area contributed by atoms with Gasteiger partial charge in [-0.15, -0.1) is 0 Å². The average Bonchev–Trinajstić information content (AvgIpc) is 3.41. The number of hydrogen-bond donors (Lipinski definition) is 1. The molecule has 1 aromatic heterocycles. The van der Waals surface area contributed by atoms with Gasteiger partial charge in [0, 0.05) is 51.2 Å². The molecular weight excluding hydrogens is 338 g/mol. The third-order valence-corrected chi connectivity index (χ3v) is 5.51. The van der Waals surface area contributed by atoms with E-state index in [4.69, 9.17) is 14.1 Å². The van der Waals surface area contributed by atoms with Crippen molar-refractivity contribution in [1.29, 1.82) is 0 Å². The van der Waals surface area contributed by atoms with Gasteiger partial charge in [0.2, 0.25) is 0 Å². The molecule has 0 radical (unpaired) electrons. The van der Waals surface area contributed by atoms with Crippen molar-refractivity contribution in [3.05, 3.63) is 60.1 Å². The van der Waals surface area contributed by atoms with E-state index in [1.807, 2.05) is 12.1 Å². The van der Waals surface area contributed by atoms with Crippen LogP contribution in [-0.4, -0.2) is 49.7 Å². The summed E-state index contributed by atoms with van der Waals surface area (Å²) >= 11 is 0. The second-order valence-corrected chi connectivity index (χ2v) is 7.41. The van der Waals surface area contributed by atoms with Crippen molar-refractivity contribution < 1.29 is 9.15 Å². The summed E-state index contributed by atoms with van der Waals surface area (Å²) in [5.41, 5.74) is 1.43. The minimum absolute atomic E-state index is 0.455. The molecule has 3 heterocycles. The monoisotopic (exact) mass is 367 g/mol. The normalized spacial score (nSPS) is 21.6. The topological polar surface area (TPSA) is 50.0 Å². The number of rotatable bonds is 5. The van der Waals surface area contributed by atoms with Crippen LogP contribution in [0.2, 0.25) is 0 Å². The van der Waals surface area contributed by atoms with Gasteiger partial charge in [0.25, 0.3) is 0 Å². The van der Waals surface area contributed by atoms with Gasteiger partial charge in [-0.2, -0.15) is 0 Å². The number of ether oxygens (including phenoxy) is 1. The Morgan fingerprint density at radius 2 is 1.93 bits per heavy atom. The molecule has 2 aromatic rings. The SMILES string of the molecule is c1ccc(C2CCN(C(=NCCc3ccco3)NC3CCOCC3)C2)cc1. The Balaban J connectivity index is 1.41. The molecule has 5 nitrogen and oxygen atoms in total. The van der Waals surface area contributed by atoms with Gasteiger partial charge in [-0.05, 0) is 37.0 Å². The molecule has 2 fully saturated rings. The Labute approximate surface area is 161 Å². The standard InChI is InChI=1S/C22H29N3O2/c1-2-5-18(6-3-1)19-9-13-25(17-19)22(24-20-10-15-26-16-11-20)23-12-8-21-7-4-14-27-21/h1-7,14,19-20H,8-13,15-17H2,(H,23,24). The van der Waals surface area contributed by atoms with Crippen molar-refractivity contribution in [3.8, 4) is 0 Å². The van der Waals surface area contributed by atoms with Crippen LogP contribution in [0.4, 0.5) is 0 Å². The minimum atomic E-state index is 0.455. The van der Waals surface area contributed by atoms with Gasteiger partial charge in [-0.25, -0.2) is 0 Å². The lowest BCUT2D eigenvalue weighted by molar-refractivity contribution is 0.0816. The Bertz CT molecular complexity index is 708. The van der Waals surface area contributed by atoms with Crippen molar-refractivity contribution in [3.63, 3.8) is 0 Å². The molecule has 5 heteroatoms. The zero-order chi connectivity index (χ0) is 18.3. The molecule has 2 aliphatic heterocycles. The zero-order valence-corrected chi connectivity index (χ0v) is 15.8. The van der Waals surface area contributed by atoms with Crippen LogP contribution < -0.4 is 5.32 Å². The average molecular weight is 367 g/mol. The highest BCUT2D eigenvalue weighted by atomic mass is 16.5. The summed E-state index contributed by atoms with van der Waals surface area (Å²) in [6, 6.07) is 15.3. The van der Waals surface area contributed by atoms with E-state index in [-0.39, 0.29) is 0 Å². The summed E-state index contributed by atoms with van der Waals surface area (Å²) in [7, 11) is 0. The number of guanidine groups is 1. The Hall–Kier alpha value is -2.27. The summed E-state index contributed by atoms with van der Waals surface area (Å²) in [4.78, 5) is 7.36. The van der Waals surface area contributed by atoms with Crippen LogP contribution in [-0.2, 0) is 11.2 Å². The van der Waals surface area contributed by atoms with Crippen LogP contribution in [0.1, 0.15) is 36.5 Å². The number of hydrogen-bond acceptors (Lipinski definition) is 3. The fraction of sp³-hybridized carbons (Fsp3) is 0.500. The van der Waals surface area contributed by atoms with Crippen molar-refractivity contribution in [2.75, 3.05) is 32.8 Å². The van der Waals surface area contributed by atoms with E-state index in [0.717, 1.165) is 63.8 Å². The van der Waals surface area contributed by atoms with Crippen LogP contribution in [0.25, 0.3) is 0 Å². The number of likely N-dealkylation sites (tertiary alicyclic amines) is 1. The third kappa shape index (κ3) is 4.92. The van der Waals surface area contributed by atoms with Crippen molar-refractivity contribution in [2.45, 2.75) is 37.6 Å². The second-order valence-electron chi connectivity index (χ2n) is 7.41. The van der Waals surface area contributed by atoms with Crippen LogP contribution in [0.5, 0.6) is 0 Å². The van der Waals surface area contributed by atoms with Gasteiger partial charge in [-0.3, -0.25) is 4.99 Å². The van der Waals surface area contributed by atoms with Crippen LogP contribution in [0.15, 0.2) is 58.1 Å². The Morgan fingerprint density at radius 1 is 1.07 bits per heavy atom. The molecular formula is C22H29N3O2. The minimum Gasteiger partial charge on any atom is -0.469 e. The fourth-order valence-electron chi connectivity index (χ4n) is 3.94. The molecule has 0 spiro atoms. The van der Waals surface area contributed by atoms with Crippen LogP contribution in [0, 0.1) is 0 Å². The van der Waals surface area contributed by atoms with Gasteiger partial charge in [-0.1, -0.05) is 30.3 Å². The largest absolute Gasteiger partial charge is 0.469 e. The van der Waals surface area contributed by atoms with E-state index in [2.05, 4.69) is 40.5 Å². The highest BCUT2D eigenvalue weighted by Crippen LogP contribution is 2.27. The first kappa shape index (κ1) is 18.1. The number of benzene rings is 1. The first-order valence-electron chi connectivity index (χ1n) is 10.1. The second kappa shape index (κ2) is 9.09. The summed E-state index contributed by atoms with van der Waals surface area (Å²) in [5, 5.41) is 3.72. The van der Waals surface area contributed by atoms with E-state index >= 15 is 0 Å². The number of nitrogens with zero attached hydrogens (tertiary/aromatic N) is 2. The van der Waals surface area contributed by atoms with Crippen molar-refractivity contribution >= 4 is 5.96 Å². The van der Waals surface area contributed by atoms with E-state index in [0.29, 0.717) is 12.0 Å². The fourth-order valence-corrected chi connectivity index (χ4v) is 3.94. The molecule has 0 saturated carbocycles. The Morgan fingerprint density at radius 3 is 2.70 bits per heavy atom. The van der Waals surface area contributed by atoms with Gasteiger partial charge in [0.15, 0.2) is 5.96 Å².